The third kappa shape index (κ3) is 2.61. The smallest absolute Gasteiger partial charge is 0.163 e. The highest BCUT2D eigenvalue weighted by Gasteiger charge is 2.08. The number of hydrazine groups is 1. The van der Waals surface area contributed by atoms with Crippen LogP contribution in [0.25, 0.3) is 11.4 Å². The van der Waals surface area contributed by atoms with Gasteiger partial charge in [0.15, 0.2) is 5.82 Å². The van der Waals surface area contributed by atoms with Crippen molar-refractivity contribution in [1.29, 1.82) is 0 Å². The molecule has 0 aliphatic rings. The Kier molecular flexibility index (Phi) is 3.81. The lowest BCUT2D eigenvalue weighted by Gasteiger charge is -2.08. The van der Waals surface area contributed by atoms with Crippen LogP contribution in [0.3, 0.4) is 0 Å². The first-order valence-corrected chi connectivity index (χ1v) is 5.49. The highest BCUT2D eigenvalue weighted by atomic mass is 16.5. The first-order chi connectivity index (χ1) is 8.74. The molecule has 94 valence electrons. The third-order valence-corrected chi connectivity index (χ3v) is 2.50. The molecule has 0 unspecified atom stereocenters. The normalized spacial score (nSPS) is 10.4. The summed E-state index contributed by atoms with van der Waals surface area (Å²) in [5, 5.41) is 0. The molecular weight excluding hydrogens is 230 g/mol. The average molecular weight is 245 g/mol. The maximum absolute atomic E-state index is 5.40. The molecule has 0 bridgehead atoms. The highest BCUT2D eigenvalue weighted by molar-refractivity contribution is 5.60. The van der Waals surface area contributed by atoms with Crippen molar-refractivity contribution in [3.63, 3.8) is 0 Å². The van der Waals surface area contributed by atoms with Gasteiger partial charge < -0.3 is 10.2 Å². The van der Waals surface area contributed by atoms with Crippen molar-refractivity contribution in [2.24, 2.45) is 5.84 Å². The summed E-state index contributed by atoms with van der Waals surface area (Å²) in [5.74, 6) is 6.54. The highest BCUT2D eigenvalue weighted by Crippen LogP contribution is 2.20. The monoisotopic (exact) mass is 245 g/mol. The number of nitrogens with zero attached hydrogens (tertiary/aromatic N) is 3. The minimum Gasteiger partial charge on any atom is -0.378 e. The molecule has 0 saturated heterocycles. The lowest BCUT2D eigenvalue weighted by Crippen LogP contribution is -2.11. The predicted molar refractivity (Wildman–Crippen MR) is 68.5 cm³/mol. The lowest BCUT2D eigenvalue weighted by molar-refractivity contribution is 0.181. The van der Waals surface area contributed by atoms with E-state index in [1.807, 2.05) is 13.0 Å². The van der Waals surface area contributed by atoms with Gasteiger partial charge in [0.05, 0.1) is 12.3 Å². The van der Waals surface area contributed by atoms with E-state index < -0.39 is 0 Å². The fraction of sp³-hybridized carbons (Fsp3) is 0.250. The molecule has 6 heteroatoms. The molecular formula is C12H15N5O. The number of nitrogens with two attached hydrogens (primary N) is 1. The Morgan fingerprint density at radius 3 is 2.89 bits per heavy atom. The van der Waals surface area contributed by atoms with Gasteiger partial charge in [0.1, 0.15) is 5.82 Å². The molecule has 0 aliphatic carbocycles. The van der Waals surface area contributed by atoms with Gasteiger partial charge in [0.25, 0.3) is 0 Å². The molecule has 0 aromatic carbocycles. The molecule has 0 spiro atoms. The van der Waals surface area contributed by atoms with E-state index >= 15 is 0 Å². The van der Waals surface area contributed by atoms with E-state index in [1.54, 1.807) is 25.6 Å². The number of aromatic nitrogens is 3. The maximum atomic E-state index is 5.40. The zero-order valence-corrected chi connectivity index (χ0v) is 10.3. The topological polar surface area (TPSA) is 86.0 Å². The summed E-state index contributed by atoms with van der Waals surface area (Å²) in [7, 11) is 1.62. The van der Waals surface area contributed by atoms with Gasteiger partial charge in [0, 0.05) is 31.1 Å². The predicted octanol–water partition coefficient (Wildman–Crippen LogP) is 1.28. The van der Waals surface area contributed by atoms with Crippen molar-refractivity contribution in [3.05, 3.63) is 35.8 Å². The number of aryl methyl sites for hydroxylation is 1. The summed E-state index contributed by atoms with van der Waals surface area (Å²) in [6, 6.07) is 3.66. The minimum atomic E-state index is 0.406. The minimum absolute atomic E-state index is 0.406. The van der Waals surface area contributed by atoms with E-state index in [2.05, 4.69) is 20.4 Å². The third-order valence-electron chi connectivity index (χ3n) is 2.50. The van der Waals surface area contributed by atoms with Crippen molar-refractivity contribution in [3.8, 4) is 11.4 Å². The van der Waals surface area contributed by atoms with Gasteiger partial charge in [-0.25, -0.2) is 15.8 Å². The Balaban J connectivity index is 2.50. The van der Waals surface area contributed by atoms with E-state index in [-0.39, 0.29) is 0 Å². The summed E-state index contributed by atoms with van der Waals surface area (Å²) in [6.07, 6.45) is 3.47. The fourth-order valence-corrected chi connectivity index (χ4v) is 1.61. The SMILES string of the molecule is COCc1cc(NN)nc(-c2cnccc2C)n1. The van der Waals surface area contributed by atoms with Crippen molar-refractivity contribution in [1.82, 2.24) is 15.0 Å². The van der Waals surface area contributed by atoms with Gasteiger partial charge in [-0.2, -0.15) is 0 Å². The second-order valence-corrected chi connectivity index (χ2v) is 3.84. The van der Waals surface area contributed by atoms with Gasteiger partial charge in [-0.1, -0.05) is 0 Å². The average Bonchev–Trinajstić information content (AvgIpc) is 2.39. The molecule has 0 radical (unpaired) electrons. The first kappa shape index (κ1) is 12.4. The molecule has 2 rings (SSSR count). The van der Waals surface area contributed by atoms with E-state index in [0.29, 0.717) is 18.2 Å². The molecule has 2 heterocycles. The van der Waals surface area contributed by atoms with E-state index in [9.17, 15) is 0 Å². The molecule has 2 aromatic heterocycles. The van der Waals surface area contributed by atoms with Crippen LogP contribution in [0.2, 0.25) is 0 Å². The van der Waals surface area contributed by atoms with Crippen LogP contribution in [0.4, 0.5) is 5.82 Å². The molecule has 0 fully saturated rings. The second-order valence-electron chi connectivity index (χ2n) is 3.84. The van der Waals surface area contributed by atoms with Gasteiger partial charge in [-0.05, 0) is 18.6 Å². The zero-order chi connectivity index (χ0) is 13.0. The Morgan fingerprint density at radius 2 is 2.22 bits per heavy atom. The van der Waals surface area contributed by atoms with E-state index in [0.717, 1.165) is 16.8 Å². The van der Waals surface area contributed by atoms with Crippen LogP contribution < -0.4 is 11.3 Å². The van der Waals surface area contributed by atoms with Crippen molar-refractivity contribution < 1.29 is 4.74 Å². The van der Waals surface area contributed by atoms with Crippen LogP contribution in [0.5, 0.6) is 0 Å². The Morgan fingerprint density at radius 1 is 1.39 bits per heavy atom. The number of methoxy groups -OCH3 is 1. The quantitative estimate of drug-likeness (QED) is 0.623. The van der Waals surface area contributed by atoms with Crippen molar-refractivity contribution in [2.45, 2.75) is 13.5 Å². The molecule has 0 amide bonds. The molecule has 3 N–H and O–H groups in total. The number of rotatable bonds is 4. The Bertz CT molecular complexity index is 544. The van der Waals surface area contributed by atoms with Gasteiger partial charge in [0.2, 0.25) is 0 Å². The lowest BCUT2D eigenvalue weighted by atomic mass is 10.1. The molecule has 18 heavy (non-hydrogen) atoms. The molecule has 0 aliphatic heterocycles. The Hall–Kier alpha value is -2.05. The molecule has 0 atom stereocenters. The number of hydrogen-bond acceptors (Lipinski definition) is 6. The number of anilines is 1. The summed E-state index contributed by atoms with van der Waals surface area (Å²) in [4.78, 5) is 12.8. The summed E-state index contributed by atoms with van der Waals surface area (Å²) >= 11 is 0. The largest absolute Gasteiger partial charge is 0.378 e. The summed E-state index contributed by atoms with van der Waals surface area (Å²) in [5.41, 5.74) is 5.23. The molecule has 6 nitrogen and oxygen atoms in total. The van der Waals surface area contributed by atoms with Crippen LogP contribution in [0, 0.1) is 6.92 Å². The van der Waals surface area contributed by atoms with Crippen LogP contribution >= 0.6 is 0 Å². The maximum Gasteiger partial charge on any atom is 0.163 e. The number of hydrogen-bond donors (Lipinski definition) is 2. The number of nitrogen functional groups attached to an aromatic ring is 1. The second kappa shape index (κ2) is 5.52. The number of nitrogens with one attached hydrogen (secondary N) is 1. The van der Waals surface area contributed by atoms with Crippen LogP contribution in [-0.2, 0) is 11.3 Å². The van der Waals surface area contributed by atoms with Gasteiger partial charge in [-0.15, -0.1) is 0 Å². The standard InChI is InChI=1S/C12H15N5O/c1-8-3-4-14-6-10(8)12-15-9(7-18-2)5-11(16-12)17-13/h3-6H,7,13H2,1-2H3,(H,15,16,17). The van der Waals surface area contributed by atoms with Crippen LogP contribution in [-0.4, -0.2) is 22.1 Å². The number of pyridine rings is 1. The van der Waals surface area contributed by atoms with E-state index in [1.165, 1.54) is 0 Å². The Labute approximate surface area is 105 Å². The summed E-state index contributed by atoms with van der Waals surface area (Å²) in [6.45, 7) is 2.39. The molecule has 0 saturated carbocycles. The van der Waals surface area contributed by atoms with Crippen LogP contribution in [0.15, 0.2) is 24.5 Å². The van der Waals surface area contributed by atoms with Crippen molar-refractivity contribution >= 4 is 5.82 Å². The first-order valence-electron chi connectivity index (χ1n) is 5.49. The van der Waals surface area contributed by atoms with Gasteiger partial charge in [-0.3, -0.25) is 4.98 Å². The number of ether oxygens (including phenoxy) is 1. The van der Waals surface area contributed by atoms with Crippen LogP contribution in [0.1, 0.15) is 11.3 Å². The van der Waals surface area contributed by atoms with E-state index in [4.69, 9.17) is 10.6 Å². The van der Waals surface area contributed by atoms with Gasteiger partial charge >= 0.3 is 0 Å². The zero-order valence-electron chi connectivity index (χ0n) is 10.3. The fourth-order valence-electron chi connectivity index (χ4n) is 1.61. The summed E-state index contributed by atoms with van der Waals surface area (Å²) < 4.78 is 5.07. The molecule has 2 aromatic rings. The van der Waals surface area contributed by atoms with Crippen molar-refractivity contribution in [2.75, 3.05) is 12.5 Å².